The molecule has 0 unspecified atom stereocenters. The van der Waals surface area contributed by atoms with Gasteiger partial charge in [0.2, 0.25) is 5.91 Å². The number of hydrogen-bond donors (Lipinski definition) is 0. The van der Waals surface area contributed by atoms with Gasteiger partial charge in [0.25, 0.3) is 0 Å². The summed E-state index contributed by atoms with van der Waals surface area (Å²) in [5.41, 5.74) is 0. The van der Waals surface area contributed by atoms with Gasteiger partial charge in [-0.05, 0) is 43.4 Å². The average molecular weight is 367 g/mol. The first-order chi connectivity index (χ1) is 11.8. The Labute approximate surface area is 159 Å². The zero-order valence-electron chi connectivity index (χ0n) is 17.1. The van der Waals surface area contributed by atoms with Gasteiger partial charge < -0.3 is 4.90 Å². The van der Waals surface area contributed by atoms with E-state index in [1.165, 1.54) is 11.5 Å². The predicted molar refractivity (Wildman–Crippen MR) is 112 cm³/mol. The van der Waals surface area contributed by atoms with Gasteiger partial charge in [-0.3, -0.25) is 9.79 Å². The van der Waals surface area contributed by atoms with Crippen molar-refractivity contribution < 1.29 is 4.79 Å². The van der Waals surface area contributed by atoms with Gasteiger partial charge in [0.05, 0.1) is 11.1 Å². The summed E-state index contributed by atoms with van der Waals surface area (Å²) in [5, 5.41) is 1.30. The van der Waals surface area contributed by atoms with Gasteiger partial charge in [-0.1, -0.05) is 40.7 Å². The maximum absolute atomic E-state index is 12.2. The van der Waals surface area contributed by atoms with Gasteiger partial charge in [-0.2, -0.15) is 0 Å². The van der Waals surface area contributed by atoms with Crippen LogP contribution in [0.2, 0.25) is 0 Å². The summed E-state index contributed by atoms with van der Waals surface area (Å²) in [4.78, 5) is 18.8. The molecule has 1 aliphatic heterocycles. The minimum absolute atomic E-state index is 0.142. The number of carbonyl (C=O) groups is 1. The number of thioether (sulfide) groups is 1. The lowest BCUT2D eigenvalue weighted by atomic mass is 9.84. The van der Waals surface area contributed by atoms with Crippen LogP contribution in [0.25, 0.3) is 0 Å². The highest BCUT2D eigenvalue weighted by Gasteiger charge is 2.22. The molecule has 144 valence electrons. The molecule has 1 amide bonds. The second-order valence-corrected chi connectivity index (χ2v) is 9.09. The van der Waals surface area contributed by atoms with E-state index in [-0.39, 0.29) is 11.8 Å². The Bertz CT molecular complexity index is 463. The molecule has 0 bridgehead atoms. The van der Waals surface area contributed by atoms with Gasteiger partial charge in [0.1, 0.15) is 0 Å². The first-order valence-electron chi connectivity index (χ1n) is 9.85. The highest BCUT2D eigenvalue weighted by molar-refractivity contribution is 8.14. The first kappa shape index (κ1) is 22.3. The molecule has 4 heteroatoms. The third-order valence-electron chi connectivity index (χ3n) is 5.61. The van der Waals surface area contributed by atoms with Crippen molar-refractivity contribution in [3.8, 4) is 0 Å². The standard InChI is InChI=1S/C21H38N2OS/c1-8-16(4)21(24)23(7)11-10-15(3)12-17(5)18(6)13-20-22-19(9-2)14-25-20/h9,15-19H,2,8,10-14H2,1,3-7H3/t15-,16+,17-,18+,19+/m0/s1. The fourth-order valence-corrected chi connectivity index (χ4v) is 4.37. The van der Waals surface area contributed by atoms with Crippen LogP contribution < -0.4 is 0 Å². The minimum atomic E-state index is 0.142. The third kappa shape index (κ3) is 7.55. The summed E-state index contributed by atoms with van der Waals surface area (Å²) >= 11 is 1.90. The van der Waals surface area contributed by atoms with Crippen molar-refractivity contribution in [2.75, 3.05) is 19.3 Å². The average Bonchev–Trinajstić information content (AvgIpc) is 3.05. The van der Waals surface area contributed by atoms with E-state index in [9.17, 15) is 4.79 Å². The highest BCUT2D eigenvalue weighted by atomic mass is 32.2. The number of carbonyl (C=O) groups excluding carboxylic acids is 1. The predicted octanol–water partition coefficient (Wildman–Crippen LogP) is 5.27. The van der Waals surface area contributed by atoms with E-state index in [2.05, 4.69) is 34.3 Å². The number of nitrogens with zero attached hydrogens (tertiary/aromatic N) is 2. The summed E-state index contributed by atoms with van der Waals surface area (Å²) in [7, 11) is 1.94. The van der Waals surface area contributed by atoms with E-state index in [1.54, 1.807) is 0 Å². The normalized spacial score (nSPS) is 22.0. The molecule has 0 spiro atoms. The summed E-state index contributed by atoms with van der Waals surface area (Å²) < 4.78 is 0. The first-order valence-corrected chi connectivity index (χ1v) is 10.8. The zero-order chi connectivity index (χ0) is 19.0. The van der Waals surface area contributed by atoms with Gasteiger partial charge in [-0.15, -0.1) is 18.3 Å². The Balaban J connectivity index is 2.34. The largest absolute Gasteiger partial charge is 0.346 e. The van der Waals surface area contributed by atoms with Crippen molar-refractivity contribution in [3.05, 3.63) is 12.7 Å². The molecule has 3 nitrogen and oxygen atoms in total. The number of rotatable bonds is 11. The lowest BCUT2D eigenvalue weighted by Gasteiger charge is -2.26. The number of aliphatic imine (C=N–C) groups is 1. The molecule has 0 aliphatic carbocycles. The monoisotopic (exact) mass is 366 g/mol. The third-order valence-corrected chi connectivity index (χ3v) is 6.73. The van der Waals surface area contributed by atoms with Gasteiger partial charge in [0.15, 0.2) is 0 Å². The molecule has 1 heterocycles. The van der Waals surface area contributed by atoms with Crippen LogP contribution in [-0.4, -0.2) is 41.2 Å². The van der Waals surface area contributed by atoms with Crippen molar-refractivity contribution in [2.45, 2.75) is 66.3 Å². The zero-order valence-corrected chi connectivity index (χ0v) is 17.9. The fraction of sp³-hybridized carbons (Fsp3) is 0.810. The van der Waals surface area contributed by atoms with Crippen LogP contribution in [0.15, 0.2) is 17.6 Å². The molecule has 0 aromatic rings. The molecule has 25 heavy (non-hydrogen) atoms. The van der Waals surface area contributed by atoms with Crippen molar-refractivity contribution >= 4 is 22.7 Å². The molecule has 0 aromatic heterocycles. The van der Waals surface area contributed by atoms with E-state index in [4.69, 9.17) is 4.99 Å². The second kappa shape index (κ2) is 11.1. The lowest BCUT2D eigenvalue weighted by molar-refractivity contribution is -0.133. The number of amides is 1. The highest BCUT2D eigenvalue weighted by Crippen LogP contribution is 2.29. The summed E-state index contributed by atoms with van der Waals surface area (Å²) in [6, 6.07) is 0.319. The molecular weight excluding hydrogens is 328 g/mol. The van der Waals surface area contributed by atoms with Crippen molar-refractivity contribution in [1.29, 1.82) is 0 Å². The van der Waals surface area contributed by atoms with Crippen molar-refractivity contribution in [3.63, 3.8) is 0 Å². The molecule has 5 atom stereocenters. The fourth-order valence-electron chi connectivity index (χ4n) is 3.21. The minimum Gasteiger partial charge on any atom is -0.346 e. The Kier molecular flexibility index (Phi) is 9.84. The molecule has 0 radical (unpaired) electrons. The second-order valence-electron chi connectivity index (χ2n) is 7.99. The van der Waals surface area contributed by atoms with E-state index in [0.717, 1.165) is 31.6 Å². The molecule has 0 N–H and O–H groups in total. The van der Waals surface area contributed by atoms with E-state index >= 15 is 0 Å². The van der Waals surface area contributed by atoms with Crippen LogP contribution >= 0.6 is 11.8 Å². The Morgan fingerprint density at radius 3 is 2.60 bits per heavy atom. The van der Waals surface area contributed by atoms with Gasteiger partial charge in [-0.25, -0.2) is 0 Å². The van der Waals surface area contributed by atoms with Crippen LogP contribution in [0.3, 0.4) is 0 Å². The molecule has 1 rings (SSSR count). The van der Waals surface area contributed by atoms with Gasteiger partial charge in [0, 0.05) is 25.3 Å². The molecule has 1 aliphatic rings. The van der Waals surface area contributed by atoms with Crippen LogP contribution in [0.1, 0.15) is 60.3 Å². The van der Waals surface area contributed by atoms with Crippen molar-refractivity contribution in [1.82, 2.24) is 4.90 Å². The summed E-state index contributed by atoms with van der Waals surface area (Å²) in [6.45, 7) is 15.8. The lowest BCUT2D eigenvalue weighted by Crippen LogP contribution is -2.33. The molecule has 0 fully saturated rings. The van der Waals surface area contributed by atoms with E-state index < -0.39 is 0 Å². The van der Waals surface area contributed by atoms with Crippen LogP contribution in [0, 0.1) is 23.7 Å². The Morgan fingerprint density at radius 2 is 2.04 bits per heavy atom. The molecule has 0 aromatic carbocycles. The SMILES string of the molecule is C=C[C@@H]1CSC(C[C@@H](C)[C@@H](C)C[C@@H](C)CCN(C)C(=O)[C@H](C)CC)=N1. The summed E-state index contributed by atoms with van der Waals surface area (Å²) in [5.74, 6) is 3.46. The van der Waals surface area contributed by atoms with Crippen LogP contribution in [0.5, 0.6) is 0 Å². The Morgan fingerprint density at radius 1 is 1.36 bits per heavy atom. The molecule has 0 saturated carbocycles. The Hall–Kier alpha value is -0.770. The van der Waals surface area contributed by atoms with Crippen LogP contribution in [-0.2, 0) is 4.79 Å². The maximum atomic E-state index is 12.2. The van der Waals surface area contributed by atoms with E-state index in [0.29, 0.717) is 23.8 Å². The smallest absolute Gasteiger partial charge is 0.225 e. The van der Waals surface area contributed by atoms with Gasteiger partial charge >= 0.3 is 0 Å². The topological polar surface area (TPSA) is 32.7 Å². The molecule has 0 saturated heterocycles. The van der Waals surface area contributed by atoms with E-state index in [1.807, 2.05) is 36.7 Å². The van der Waals surface area contributed by atoms with Crippen molar-refractivity contribution in [2.24, 2.45) is 28.7 Å². The maximum Gasteiger partial charge on any atom is 0.225 e. The summed E-state index contributed by atoms with van der Waals surface area (Å²) in [6.07, 6.45) is 6.27. The van der Waals surface area contributed by atoms with Crippen LogP contribution in [0.4, 0.5) is 0 Å². The molecular formula is C21H38N2OS. The quantitative estimate of drug-likeness (QED) is 0.467. The number of hydrogen-bond acceptors (Lipinski definition) is 3.